The van der Waals surface area contributed by atoms with Crippen LogP contribution in [0.25, 0.3) is 0 Å². The third kappa shape index (κ3) is 2.58. The van der Waals surface area contributed by atoms with Crippen LogP contribution in [0.1, 0.15) is 44.6 Å². The minimum Gasteiger partial charge on any atom is -0.203 e. The lowest BCUT2D eigenvalue weighted by Gasteiger charge is -2.14. The van der Waals surface area contributed by atoms with Gasteiger partial charge in [-0.1, -0.05) is 26.7 Å². The zero-order valence-electron chi connectivity index (χ0n) is 9.59. The van der Waals surface area contributed by atoms with Crippen LogP contribution in [0.3, 0.4) is 0 Å². The van der Waals surface area contributed by atoms with Gasteiger partial charge >= 0.3 is 0 Å². The minimum absolute atomic E-state index is 0.384. The number of rotatable bonds is 4. The predicted molar refractivity (Wildman–Crippen MR) is 54.2 cm³/mol. The van der Waals surface area contributed by atoms with Crippen molar-refractivity contribution in [3.05, 3.63) is 34.6 Å². The Hall–Kier alpha value is -1.13. The predicted octanol–water partition coefficient (Wildman–Crippen LogP) is 4.68. The van der Waals surface area contributed by atoms with E-state index >= 15 is 0 Å². The second-order valence-electron chi connectivity index (χ2n) is 4.03. The molecule has 0 aliphatic carbocycles. The summed E-state index contributed by atoms with van der Waals surface area (Å²) in [7, 11) is 0. The summed E-state index contributed by atoms with van der Waals surface area (Å²) in [5, 5.41) is 0. The van der Waals surface area contributed by atoms with E-state index in [9.17, 15) is 22.0 Å². The number of benzene rings is 1. The van der Waals surface area contributed by atoms with Crippen LogP contribution < -0.4 is 0 Å². The molecular weight excluding hydrogens is 239 g/mol. The highest BCUT2D eigenvalue weighted by molar-refractivity contribution is 5.26. The molecular formula is C12H13F5. The first-order valence-electron chi connectivity index (χ1n) is 5.43. The highest BCUT2D eigenvalue weighted by atomic mass is 19.2. The summed E-state index contributed by atoms with van der Waals surface area (Å²) in [6.07, 6.45) is 1.84. The molecule has 0 bridgehead atoms. The first-order valence-corrected chi connectivity index (χ1v) is 5.43. The Balaban J connectivity index is 3.24. The molecule has 5 heteroatoms. The maximum absolute atomic E-state index is 13.4. The first-order chi connectivity index (χ1) is 7.91. The van der Waals surface area contributed by atoms with Crippen molar-refractivity contribution in [3.8, 4) is 0 Å². The van der Waals surface area contributed by atoms with Crippen molar-refractivity contribution in [2.75, 3.05) is 0 Å². The van der Waals surface area contributed by atoms with E-state index in [1.165, 1.54) is 6.92 Å². The van der Waals surface area contributed by atoms with Crippen molar-refractivity contribution in [2.24, 2.45) is 0 Å². The molecule has 0 amide bonds. The summed E-state index contributed by atoms with van der Waals surface area (Å²) < 4.78 is 65.4. The van der Waals surface area contributed by atoms with Crippen LogP contribution in [0.2, 0.25) is 0 Å². The summed E-state index contributed by atoms with van der Waals surface area (Å²) in [6.45, 7) is 3.33. The largest absolute Gasteiger partial charge is 0.203 e. The SMILES string of the molecule is CCCCC(C)c1c(F)c(F)c(F)c(F)c1F. The summed E-state index contributed by atoms with van der Waals surface area (Å²) >= 11 is 0. The third-order valence-corrected chi connectivity index (χ3v) is 2.73. The second kappa shape index (κ2) is 5.47. The van der Waals surface area contributed by atoms with E-state index in [2.05, 4.69) is 0 Å². The van der Waals surface area contributed by atoms with Crippen LogP contribution in [-0.4, -0.2) is 0 Å². The van der Waals surface area contributed by atoms with Gasteiger partial charge in [0.1, 0.15) is 0 Å². The van der Waals surface area contributed by atoms with Gasteiger partial charge in [-0.15, -0.1) is 0 Å². The smallest absolute Gasteiger partial charge is 0.200 e. The molecule has 0 fully saturated rings. The van der Waals surface area contributed by atoms with Crippen LogP contribution >= 0.6 is 0 Å². The molecule has 0 aliphatic rings. The quantitative estimate of drug-likeness (QED) is 0.415. The highest BCUT2D eigenvalue weighted by Crippen LogP contribution is 2.31. The molecule has 0 saturated heterocycles. The van der Waals surface area contributed by atoms with Gasteiger partial charge in [-0.05, 0) is 12.3 Å². The van der Waals surface area contributed by atoms with E-state index in [-0.39, 0.29) is 0 Å². The lowest BCUT2D eigenvalue weighted by atomic mass is 9.94. The number of halogens is 5. The fourth-order valence-electron chi connectivity index (χ4n) is 1.71. The molecule has 1 unspecified atom stereocenters. The fraction of sp³-hybridized carbons (Fsp3) is 0.500. The van der Waals surface area contributed by atoms with Gasteiger partial charge in [0.15, 0.2) is 23.3 Å². The summed E-state index contributed by atoms with van der Waals surface area (Å²) in [6, 6.07) is 0. The summed E-state index contributed by atoms with van der Waals surface area (Å²) in [4.78, 5) is 0. The standard InChI is InChI=1S/C12H13F5/c1-3-4-5-6(2)7-8(13)10(15)12(17)11(16)9(7)14/h6H,3-5H2,1-2H3. The zero-order valence-corrected chi connectivity index (χ0v) is 9.59. The molecule has 0 heterocycles. The number of hydrogen-bond acceptors (Lipinski definition) is 0. The van der Waals surface area contributed by atoms with Crippen molar-refractivity contribution in [2.45, 2.75) is 39.0 Å². The second-order valence-corrected chi connectivity index (χ2v) is 4.03. The monoisotopic (exact) mass is 252 g/mol. The van der Waals surface area contributed by atoms with E-state index in [0.29, 0.717) is 12.8 Å². The average Bonchev–Trinajstić information content (AvgIpc) is 2.31. The van der Waals surface area contributed by atoms with Gasteiger partial charge in [-0.25, -0.2) is 22.0 Å². The third-order valence-electron chi connectivity index (χ3n) is 2.73. The lowest BCUT2D eigenvalue weighted by Crippen LogP contribution is -2.10. The van der Waals surface area contributed by atoms with E-state index in [1.54, 1.807) is 0 Å². The van der Waals surface area contributed by atoms with Crippen molar-refractivity contribution < 1.29 is 22.0 Å². The first kappa shape index (κ1) is 13.9. The zero-order chi connectivity index (χ0) is 13.2. The van der Waals surface area contributed by atoms with Crippen LogP contribution in [0.4, 0.5) is 22.0 Å². The Kier molecular flexibility index (Phi) is 4.48. The van der Waals surface area contributed by atoms with Crippen LogP contribution in [0.5, 0.6) is 0 Å². The number of hydrogen-bond donors (Lipinski definition) is 0. The maximum atomic E-state index is 13.4. The molecule has 1 atom stereocenters. The van der Waals surface area contributed by atoms with Gasteiger partial charge in [-0.2, -0.15) is 0 Å². The maximum Gasteiger partial charge on any atom is 0.200 e. The molecule has 1 aromatic carbocycles. The molecule has 0 nitrogen and oxygen atoms in total. The van der Waals surface area contributed by atoms with E-state index in [1.807, 2.05) is 6.92 Å². The van der Waals surface area contributed by atoms with Gasteiger partial charge < -0.3 is 0 Å². The fourth-order valence-corrected chi connectivity index (χ4v) is 1.71. The van der Waals surface area contributed by atoms with Gasteiger partial charge in [0.05, 0.1) is 0 Å². The topological polar surface area (TPSA) is 0 Å². The number of unbranched alkanes of at least 4 members (excludes halogenated alkanes) is 1. The van der Waals surface area contributed by atoms with E-state index in [4.69, 9.17) is 0 Å². The van der Waals surface area contributed by atoms with Crippen LogP contribution in [0.15, 0.2) is 0 Å². The molecule has 0 radical (unpaired) electrons. The highest BCUT2D eigenvalue weighted by Gasteiger charge is 2.28. The van der Waals surface area contributed by atoms with Gasteiger partial charge in [0.25, 0.3) is 0 Å². The van der Waals surface area contributed by atoms with E-state index in [0.717, 1.165) is 6.42 Å². The lowest BCUT2D eigenvalue weighted by molar-refractivity contribution is 0.363. The Morgan fingerprint density at radius 1 is 0.824 bits per heavy atom. The van der Waals surface area contributed by atoms with Crippen LogP contribution in [0, 0.1) is 29.1 Å². The molecule has 0 spiro atoms. The minimum atomic E-state index is -2.11. The van der Waals surface area contributed by atoms with Crippen molar-refractivity contribution >= 4 is 0 Å². The van der Waals surface area contributed by atoms with Gasteiger partial charge in [0.2, 0.25) is 5.82 Å². The molecule has 0 N–H and O–H groups in total. The Morgan fingerprint density at radius 2 is 1.24 bits per heavy atom. The molecule has 1 aromatic rings. The molecule has 1 rings (SSSR count). The van der Waals surface area contributed by atoms with Crippen LogP contribution in [-0.2, 0) is 0 Å². The summed E-state index contributed by atoms with van der Waals surface area (Å²) in [5.41, 5.74) is -0.713. The molecule has 0 saturated carbocycles. The Morgan fingerprint density at radius 3 is 1.65 bits per heavy atom. The van der Waals surface area contributed by atoms with E-state index < -0.39 is 40.6 Å². The van der Waals surface area contributed by atoms with Gasteiger partial charge in [-0.3, -0.25) is 0 Å². The molecule has 0 aliphatic heterocycles. The van der Waals surface area contributed by atoms with Gasteiger partial charge in [0, 0.05) is 5.56 Å². The van der Waals surface area contributed by atoms with Crippen molar-refractivity contribution in [1.82, 2.24) is 0 Å². The Labute approximate surface area is 96.4 Å². The van der Waals surface area contributed by atoms with Crippen molar-refractivity contribution in [3.63, 3.8) is 0 Å². The molecule has 0 aromatic heterocycles. The normalized spacial score (nSPS) is 12.9. The van der Waals surface area contributed by atoms with Crippen molar-refractivity contribution in [1.29, 1.82) is 0 Å². The molecule has 17 heavy (non-hydrogen) atoms. The Bertz CT molecular complexity index is 385. The molecule has 96 valence electrons. The summed E-state index contributed by atoms with van der Waals surface area (Å²) in [5.74, 6) is -9.98. The average molecular weight is 252 g/mol.